The summed E-state index contributed by atoms with van der Waals surface area (Å²) in [5, 5.41) is 7.10. The van der Waals surface area contributed by atoms with Gasteiger partial charge in [0.15, 0.2) is 5.96 Å². The van der Waals surface area contributed by atoms with Crippen LogP contribution in [0.15, 0.2) is 4.99 Å². The maximum atomic E-state index is 5.82. The SMILES string of the molecule is CCOC(CCNC(=NC)NC1CCN(C2CCCC2)CC1)C(C)C. The van der Waals surface area contributed by atoms with Gasteiger partial charge in [-0.15, -0.1) is 0 Å². The molecule has 2 fully saturated rings. The molecule has 1 saturated carbocycles. The van der Waals surface area contributed by atoms with Crippen molar-refractivity contribution in [2.75, 3.05) is 33.3 Å². The van der Waals surface area contributed by atoms with Crippen LogP contribution in [0.4, 0.5) is 0 Å². The fourth-order valence-corrected chi connectivity index (χ4v) is 4.22. The summed E-state index contributed by atoms with van der Waals surface area (Å²) in [7, 11) is 1.87. The molecule has 1 atom stereocenters. The summed E-state index contributed by atoms with van der Waals surface area (Å²) in [5.41, 5.74) is 0. The first-order valence-corrected chi connectivity index (χ1v) is 10.5. The molecule has 5 nitrogen and oxygen atoms in total. The molecule has 2 aliphatic rings. The molecule has 1 aliphatic heterocycles. The van der Waals surface area contributed by atoms with Gasteiger partial charge in [0.05, 0.1) is 6.10 Å². The van der Waals surface area contributed by atoms with Crippen LogP contribution in [0, 0.1) is 5.92 Å². The van der Waals surface area contributed by atoms with E-state index in [2.05, 4.69) is 41.3 Å². The number of nitrogens with one attached hydrogen (secondary N) is 2. The first-order chi connectivity index (χ1) is 12.1. The Kier molecular flexibility index (Phi) is 9.04. The molecule has 2 N–H and O–H groups in total. The molecular formula is C20H40N4O. The third-order valence-corrected chi connectivity index (χ3v) is 5.78. The van der Waals surface area contributed by atoms with Gasteiger partial charge in [0.25, 0.3) is 0 Å². The Balaban J connectivity index is 1.66. The van der Waals surface area contributed by atoms with E-state index in [4.69, 9.17) is 4.74 Å². The van der Waals surface area contributed by atoms with Crippen LogP contribution in [0.3, 0.4) is 0 Å². The fraction of sp³-hybridized carbons (Fsp3) is 0.950. The van der Waals surface area contributed by atoms with E-state index in [0.29, 0.717) is 18.1 Å². The maximum absolute atomic E-state index is 5.82. The number of aliphatic imine (C=N–C) groups is 1. The van der Waals surface area contributed by atoms with E-state index < -0.39 is 0 Å². The Labute approximate surface area is 155 Å². The average Bonchev–Trinajstić information content (AvgIpc) is 3.15. The molecule has 25 heavy (non-hydrogen) atoms. The van der Waals surface area contributed by atoms with Gasteiger partial charge in [0.2, 0.25) is 0 Å². The first-order valence-electron chi connectivity index (χ1n) is 10.5. The molecule has 0 aromatic rings. The van der Waals surface area contributed by atoms with E-state index in [1.165, 1.54) is 51.6 Å². The zero-order chi connectivity index (χ0) is 18.1. The molecule has 5 heteroatoms. The van der Waals surface area contributed by atoms with E-state index in [-0.39, 0.29) is 0 Å². The van der Waals surface area contributed by atoms with E-state index in [1.807, 2.05) is 7.05 Å². The summed E-state index contributed by atoms with van der Waals surface area (Å²) < 4.78 is 5.82. The molecule has 146 valence electrons. The highest BCUT2D eigenvalue weighted by molar-refractivity contribution is 5.79. The Morgan fingerprint density at radius 3 is 2.40 bits per heavy atom. The highest BCUT2D eigenvalue weighted by Gasteiger charge is 2.27. The largest absolute Gasteiger partial charge is 0.378 e. The van der Waals surface area contributed by atoms with E-state index in [0.717, 1.165) is 31.6 Å². The molecule has 0 spiro atoms. The lowest BCUT2D eigenvalue weighted by molar-refractivity contribution is 0.0258. The number of guanidine groups is 1. The highest BCUT2D eigenvalue weighted by Crippen LogP contribution is 2.26. The number of nitrogens with zero attached hydrogens (tertiary/aromatic N) is 2. The van der Waals surface area contributed by atoms with Gasteiger partial charge in [0.1, 0.15) is 0 Å². The molecule has 0 bridgehead atoms. The number of ether oxygens (including phenoxy) is 1. The topological polar surface area (TPSA) is 48.9 Å². The molecule has 2 rings (SSSR count). The van der Waals surface area contributed by atoms with Gasteiger partial charge in [-0.3, -0.25) is 4.99 Å². The van der Waals surface area contributed by atoms with Crippen molar-refractivity contribution >= 4 is 5.96 Å². The maximum Gasteiger partial charge on any atom is 0.191 e. The molecular weight excluding hydrogens is 312 g/mol. The Hall–Kier alpha value is -0.810. The van der Waals surface area contributed by atoms with Crippen LogP contribution in [0.25, 0.3) is 0 Å². The normalized spacial score (nSPS) is 22.5. The molecule has 0 amide bonds. The summed E-state index contributed by atoms with van der Waals surface area (Å²) in [4.78, 5) is 7.13. The minimum absolute atomic E-state index is 0.324. The Morgan fingerprint density at radius 1 is 1.16 bits per heavy atom. The molecule has 0 radical (unpaired) electrons. The van der Waals surface area contributed by atoms with Crippen LogP contribution in [-0.4, -0.2) is 62.3 Å². The molecule has 0 aromatic heterocycles. The third-order valence-electron chi connectivity index (χ3n) is 5.78. The zero-order valence-corrected chi connectivity index (χ0v) is 16.9. The lowest BCUT2D eigenvalue weighted by atomic mass is 10.0. The van der Waals surface area contributed by atoms with E-state index in [1.54, 1.807) is 0 Å². The van der Waals surface area contributed by atoms with Crippen molar-refractivity contribution in [2.24, 2.45) is 10.9 Å². The number of likely N-dealkylation sites (tertiary alicyclic amines) is 1. The molecule has 1 aliphatic carbocycles. The van der Waals surface area contributed by atoms with E-state index >= 15 is 0 Å². The lowest BCUT2D eigenvalue weighted by Crippen LogP contribution is -2.50. The quantitative estimate of drug-likeness (QED) is 0.521. The molecule has 1 unspecified atom stereocenters. The fourth-order valence-electron chi connectivity index (χ4n) is 4.22. The summed E-state index contributed by atoms with van der Waals surface area (Å²) in [5.74, 6) is 1.50. The van der Waals surface area contributed by atoms with Crippen LogP contribution < -0.4 is 10.6 Å². The van der Waals surface area contributed by atoms with Crippen LogP contribution in [0.2, 0.25) is 0 Å². The van der Waals surface area contributed by atoms with Crippen molar-refractivity contribution in [3.05, 3.63) is 0 Å². The highest BCUT2D eigenvalue weighted by atomic mass is 16.5. The van der Waals surface area contributed by atoms with E-state index in [9.17, 15) is 0 Å². The summed E-state index contributed by atoms with van der Waals surface area (Å²) in [6.07, 6.45) is 9.49. The summed E-state index contributed by atoms with van der Waals surface area (Å²) in [6, 6.07) is 1.42. The van der Waals surface area contributed by atoms with Crippen molar-refractivity contribution in [1.82, 2.24) is 15.5 Å². The van der Waals surface area contributed by atoms with Gasteiger partial charge in [-0.25, -0.2) is 0 Å². The monoisotopic (exact) mass is 352 g/mol. The third kappa shape index (κ3) is 6.78. The molecule has 1 saturated heterocycles. The van der Waals surface area contributed by atoms with Crippen molar-refractivity contribution in [2.45, 2.75) is 83.9 Å². The van der Waals surface area contributed by atoms with Crippen molar-refractivity contribution in [3.8, 4) is 0 Å². The summed E-state index contributed by atoms with van der Waals surface area (Å²) in [6.45, 7) is 10.7. The van der Waals surface area contributed by atoms with Crippen LogP contribution in [-0.2, 0) is 4.74 Å². The molecule has 1 heterocycles. The standard InChI is InChI=1S/C20H40N4O/c1-5-25-19(16(2)3)10-13-22-20(21-4)23-17-11-14-24(15-12-17)18-8-6-7-9-18/h16-19H,5-15H2,1-4H3,(H2,21,22,23). The van der Waals surface area contributed by atoms with Crippen molar-refractivity contribution < 1.29 is 4.74 Å². The number of hydrogen-bond donors (Lipinski definition) is 2. The summed E-state index contributed by atoms with van der Waals surface area (Å²) >= 11 is 0. The lowest BCUT2D eigenvalue weighted by Gasteiger charge is -2.36. The van der Waals surface area contributed by atoms with Gasteiger partial charge in [-0.05, 0) is 44.9 Å². The van der Waals surface area contributed by atoms with Crippen LogP contribution in [0.1, 0.15) is 65.7 Å². The predicted octanol–water partition coefficient (Wildman–Crippen LogP) is 3.01. The van der Waals surface area contributed by atoms with Crippen LogP contribution in [0.5, 0.6) is 0 Å². The minimum Gasteiger partial charge on any atom is -0.378 e. The average molecular weight is 353 g/mol. The van der Waals surface area contributed by atoms with Crippen molar-refractivity contribution in [1.29, 1.82) is 0 Å². The Morgan fingerprint density at radius 2 is 1.84 bits per heavy atom. The Bertz CT molecular complexity index is 385. The first kappa shape index (κ1) is 20.5. The van der Waals surface area contributed by atoms with Crippen molar-refractivity contribution in [3.63, 3.8) is 0 Å². The van der Waals surface area contributed by atoms with Gasteiger partial charge in [-0.1, -0.05) is 26.7 Å². The van der Waals surface area contributed by atoms with Gasteiger partial charge >= 0.3 is 0 Å². The van der Waals surface area contributed by atoms with Gasteiger partial charge in [-0.2, -0.15) is 0 Å². The number of hydrogen-bond acceptors (Lipinski definition) is 3. The zero-order valence-electron chi connectivity index (χ0n) is 16.9. The van der Waals surface area contributed by atoms with Gasteiger partial charge < -0.3 is 20.3 Å². The second kappa shape index (κ2) is 11.0. The molecule has 0 aromatic carbocycles. The van der Waals surface area contributed by atoms with Crippen LogP contribution >= 0.6 is 0 Å². The second-order valence-electron chi connectivity index (χ2n) is 7.92. The predicted molar refractivity (Wildman–Crippen MR) is 106 cm³/mol. The van der Waals surface area contributed by atoms with Gasteiger partial charge in [0, 0.05) is 45.4 Å². The number of piperidine rings is 1. The smallest absolute Gasteiger partial charge is 0.191 e. The second-order valence-corrected chi connectivity index (χ2v) is 7.92. The number of rotatable bonds is 8. The minimum atomic E-state index is 0.324.